The molecule has 1 amide bonds. The maximum atomic E-state index is 13.7. The van der Waals surface area contributed by atoms with Gasteiger partial charge in [-0.25, -0.2) is 0 Å². The Labute approximate surface area is 256 Å². The highest BCUT2D eigenvalue weighted by Gasteiger charge is 2.35. The fraction of sp³-hybridized carbons (Fsp3) is 0.536. The SMILES string of the molecule is CSc1cc(C(=O)N2CCN(CCN3CC(C)OC(C)C3)C[C@H]2Cc2ccc(Cl)cc2)cc(C(F)(F)F)c1.Cl.Cl. The molecule has 0 N–H and O–H groups in total. The second-order valence-electron chi connectivity index (χ2n) is 10.2. The van der Waals surface area contributed by atoms with Crippen molar-refractivity contribution < 1.29 is 22.7 Å². The van der Waals surface area contributed by atoms with E-state index in [4.69, 9.17) is 16.3 Å². The van der Waals surface area contributed by atoms with Gasteiger partial charge in [-0.3, -0.25) is 14.6 Å². The number of amides is 1. The van der Waals surface area contributed by atoms with E-state index in [9.17, 15) is 18.0 Å². The van der Waals surface area contributed by atoms with Crippen molar-refractivity contribution in [3.8, 4) is 0 Å². The zero-order valence-electron chi connectivity index (χ0n) is 22.8. The number of carbonyl (C=O) groups excluding carboxylic acids is 1. The molecule has 12 heteroatoms. The number of alkyl halides is 3. The number of carbonyl (C=O) groups is 1. The molecular weight excluding hydrogens is 606 g/mol. The van der Waals surface area contributed by atoms with Gasteiger partial charge in [-0.15, -0.1) is 36.6 Å². The minimum absolute atomic E-state index is 0. The number of hydrogen-bond donors (Lipinski definition) is 0. The molecule has 2 aromatic rings. The van der Waals surface area contributed by atoms with Crippen LogP contribution in [-0.2, 0) is 17.3 Å². The van der Waals surface area contributed by atoms with E-state index in [1.54, 1.807) is 17.2 Å². The molecule has 4 rings (SSSR count). The Morgan fingerprint density at radius 1 is 0.975 bits per heavy atom. The first kappa shape index (κ1) is 35.0. The van der Waals surface area contributed by atoms with Gasteiger partial charge in [-0.2, -0.15) is 13.2 Å². The summed E-state index contributed by atoms with van der Waals surface area (Å²) in [6, 6.07) is 11.0. The largest absolute Gasteiger partial charge is 0.416 e. The normalized spacial score (nSPS) is 22.4. The van der Waals surface area contributed by atoms with E-state index in [0.717, 1.165) is 43.9 Å². The number of piperazine rings is 1. The third-order valence-corrected chi connectivity index (χ3v) is 8.12. The third kappa shape index (κ3) is 9.41. The average molecular weight is 643 g/mol. The molecule has 3 atom stereocenters. The van der Waals surface area contributed by atoms with Crippen molar-refractivity contribution in [3.05, 3.63) is 64.2 Å². The summed E-state index contributed by atoms with van der Waals surface area (Å²) in [5.74, 6) is -0.360. The zero-order valence-corrected chi connectivity index (χ0v) is 26.0. The Kier molecular flexibility index (Phi) is 13.4. The molecule has 2 heterocycles. The van der Waals surface area contributed by atoms with Crippen molar-refractivity contribution in [2.24, 2.45) is 0 Å². The summed E-state index contributed by atoms with van der Waals surface area (Å²) >= 11 is 7.27. The second-order valence-corrected chi connectivity index (χ2v) is 11.6. The number of rotatable bonds is 7. The van der Waals surface area contributed by atoms with Crippen LogP contribution in [0.1, 0.15) is 35.3 Å². The molecule has 2 aliphatic rings. The number of benzene rings is 2. The Balaban J connectivity index is 0.00000280. The van der Waals surface area contributed by atoms with Crippen LogP contribution in [0, 0.1) is 0 Å². The molecule has 2 aliphatic heterocycles. The summed E-state index contributed by atoms with van der Waals surface area (Å²) in [6.45, 7) is 9.51. The van der Waals surface area contributed by atoms with Gasteiger partial charge in [0.25, 0.3) is 5.91 Å². The molecule has 0 bridgehead atoms. The first-order chi connectivity index (χ1) is 18.0. The number of thioether (sulfide) groups is 1. The molecule has 2 fully saturated rings. The lowest BCUT2D eigenvalue weighted by Gasteiger charge is -2.43. The zero-order chi connectivity index (χ0) is 27.4. The van der Waals surface area contributed by atoms with Crippen LogP contribution < -0.4 is 0 Å². The fourth-order valence-corrected chi connectivity index (χ4v) is 5.99. The molecule has 0 saturated carbocycles. The average Bonchev–Trinajstić information content (AvgIpc) is 2.87. The second kappa shape index (κ2) is 15.3. The van der Waals surface area contributed by atoms with Crippen LogP contribution in [0.2, 0.25) is 5.02 Å². The predicted molar refractivity (Wildman–Crippen MR) is 161 cm³/mol. The van der Waals surface area contributed by atoms with E-state index in [2.05, 4.69) is 23.6 Å². The highest BCUT2D eigenvalue weighted by Crippen LogP contribution is 2.33. The van der Waals surface area contributed by atoms with Gasteiger partial charge in [0, 0.05) is 67.3 Å². The van der Waals surface area contributed by atoms with E-state index in [-0.39, 0.29) is 54.5 Å². The predicted octanol–water partition coefficient (Wildman–Crippen LogP) is 6.40. The van der Waals surface area contributed by atoms with Gasteiger partial charge >= 0.3 is 6.18 Å². The minimum Gasteiger partial charge on any atom is -0.373 e. The van der Waals surface area contributed by atoms with Crippen LogP contribution >= 0.6 is 48.2 Å². The van der Waals surface area contributed by atoms with E-state index in [0.29, 0.717) is 36.0 Å². The monoisotopic (exact) mass is 641 g/mol. The van der Waals surface area contributed by atoms with E-state index in [1.807, 2.05) is 24.3 Å². The third-order valence-electron chi connectivity index (χ3n) is 7.16. The van der Waals surface area contributed by atoms with E-state index >= 15 is 0 Å². The van der Waals surface area contributed by atoms with Gasteiger partial charge in [0.05, 0.1) is 17.8 Å². The Morgan fingerprint density at radius 3 is 2.20 bits per heavy atom. The molecule has 0 spiro atoms. The summed E-state index contributed by atoms with van der Waals surface area (Å²) in [4.78, 5) is 20.6. The first-order valence-corrected chi connectivity index (χ1v) is 14.5. The Hall–Kier alpha value is -1.20. The van der Waals surface area contributed by atoms with Gasteiger partial charge in [-0.05, 0) is 62.4 Å². The Bertz CT molecular complexity index is 1100. The number of nitrogens with zero attached hydrogens (tertiary/aromatic N) is 3. The highest BCUT2D eigenvalue weighted by molar-refractivity contribution is 7.98. The summed E-state index contributed by atoms with van der Waals surface area (Å²) in [7, 11) is 0. The molecule has 2 unspecified atom stereocenters. The van der Waals surface area contributed by atoms with Gasteiger partial charge in [-0.1, -0.05) is 23.7 Å². The van der Waals surface area contributed by atoms with Crippen LogP contribution in [0.15, 0.2) is 47.4 Å². The topological polar surface area (TPSA) is 36.0 Å². The number of hydrogen-bond acceptors (Lipinski definition) is 5. The van der Waals surface area contributed by atoms with Crippen molar-refractivity contribution in [1.82, 2.24) is 14.7 Å². The fourth-order valence-electron chi connectivity index (χ4n) is 5.38. The molecule has 5 nitrogen and oxygen atoms in total. The maximum Gasteiger partial charge on any atom is 0.416 e. The lowest BCUT2D eigenvalue weighted by molar-refractivity contribution is -0.137. The lowest BCUT2D eigenvalue weighted by atomic mass is 10.00. The molecule has 0 radical (unpaired) electrons. The minimum atomic E-state index is -4.52. The highest BCUT2D eigenvalue weighted by atomic mass is 35.5. The number of ether oxygens (including phenoxy) is 1. The molecule has 40 heavy (non-hydrogen) atoms. The lowest BCUT2D eigenvalue weighted by Crippen LogP contribution is -2.57. The van der Waals surface area contributed by atoms with Crippen molar-refractivity contribution in [3.63, 3.8) is 0 Å². The summed E-state index contributed by atoms with van der Waals surface area (Å²) in [5, 5.41) is 0.634. The smallest absolute Gasteiger partial charge is 0.373 e. The first-order valence-electron chi connectivity index (χ1n) is 12.9. The van der Waals surface area contributed by atoms with Gasteiger partial charge in [0.2, 0.25) is 0 Å². The molecule has 2 saturated heterocycles. The molecule has 0 aliphatic carbocycles. The van der Waals surface area contributed by atoms with Crippen molar-refractivity contribution in [2.75, 3.05) is 52.1 Å². The molecule has 224 valence electrons. The van der Waals surface area contributed by atoms with Gasteiger partial charge in [0.1, 0.15) is 0 Å². The van der Waals surface area contributed by atoms with E-state index < -0.39 is 11.7 Å². The summed E-state index contributed by atoms with van der Waals surface area (Å²) < 4.78 is 46.5. The van der Waals surface area contributed by atoms with E-state index in [1.165, 1.54) is 11.8 Å². The molecule has 2 aromatic carbocycles. The van der Waals surface area contributed by atoms with Crippen LogP contribution in [0.5, 0.6) is 0 Å². The van der Waals surface area contributed by atoms with Crippen LogP contribution in [-0.4, -0.2) is 90.9 Å². The quantitative estimate of drug-likeness (QED) is 0.327. The summed E-state index contributed by atoms with van der Waals surface area (Å²) in [6.07, 6.45) is -1.81. The van der Waals surface area contributed by atoms with Crippen molar-refractivity contribution in [2.45, 2.75) is 49.6 Å². The molecular formula is C28H37Cl3F3N3O2S. The standard InChI is InChI=1S/C28H35ClF3N3O2S.2ClH/c1-19-16-34(17-20(2)37-19)9-8-33-10-11-35(25(18-33)12-21-4-6-24(29)7-5-21)27(36)22-13-23(28(30,31)32)15-26(14-22)38-3;;/h4-7,13-15,19-20,25H,8-12,16-18H2,1-3H3;2*1H/t19?,20?,25-;;/m1../s1. The van der Waals surface area contributed by atoms with Crippen LogP contribution in [0.4, 0.5) is 13.2 Å². The van der Waals surface area contributed by atoms with Crippen LogP contribution in [0.3, 0.4) is 0 Å². The maximum absolute atomic E-state index is 13.7. The Morgan fingerprint density at radius 2 is 1.60 bits per heavy atom. The van der Waals surface area contributed by atoms with Crippen LogP contribution in [0.25, 0.3) is 0 Å². The number of halogens is 6. The van der Waals surface area contributed by atoms with Crippen molar-refractivity contribution >= 4 is 54.1 Å². The van der Waals surface area contributed by atoms with Crippen molar-refractivity contribution in [1.29, 1.82) is 0 Å². The van der Waals surface area contributed by atoms with Gasteiger partial charge in [0.15, 0.2) is 0 Å². The summed E-state index contributed by atoms with van der Waals surface area (Å²) in [5.41, 5.74) is 0.313. The number of morpholine rings is 1. The molecule has 0 aromatic heterocycles. The van der Waals surface area contributed by atoms with Gasteiger partial charge < -0.3 is 9.64 Å².